The Bertz CT molecular complexity index is 509. The molecule has 1 aliphatic heterocycles. The largest absolute Gasteiger partial charge is 0.394 e. The molecule has 0 radical (unpaired) electrons. The molecule has 1 saturated heterocycles. The molecule has 4 N–H and O–H groups in total. The zero-order valence-corrected chi connectivity index (χ0v) is 8.68. The Morgan fingerprint density at radius 3 is 2.59 bits per heavy atom. The van der Waals surface area contributed by atoms with Gasteiger partial charge in [-0.1, -0.05) is 0 Å². The highest BCUT2D eigenvalue weighted by Gasteiger charge is 2.43. The van der Waals surface area contributed by atoms with Crippen LogP contribution in [0.25, 0.3) is 0 Å². The molecule has 2 heterocycles. The third-order valence-electron chi connectivity index (χ3n) is 2.64. The van der Waals surface area contributed by atoms with Gasteiger partial charge in [-0.2, -0.15) is 0 Å². The monoisotopic (exact) mass is 244 g/mol. The van der Waals surface area contributed by atoms with Crippen molar-refractivity contribution in [3.05, 3.63) is 33.1 Å². The van der Waals surface area contributed by atoms with Crippen LogP contribution in [0.1, 0.15) is 6.23 Å². The molecule has 94 valence electrons. The van der Waals surface area contributed by atoms with Crippen LogP contribution in [0.4, 0.5) is 0 Å². The Labute approximate surface area is 94.7 Å². The molecular weight excluding hydrogens is 232 g/mol. The molecule has 1 aromatic rings. The predicted octanol–water partition coefficient (Wildman–Crippen LogP) is -2.85. The second-order valence-electron chi connectivity index (χ2n) is 3.75. The van der Waals surface area contributed by atoms with Crippen LogP contribution in [0.15, 0.2) is 21.9 Å². The second-order valence-corrected chi connectivity index (χ2v) is 3.75. The number of aliphatic hydroxyl groups excluding tert-OH is 3. The molecule has 1 aliphatic rings. The van der Waals surface area contributed by atoms with Crippen molar-refractivity contribution in [2.45, 2.75) is 24.5 Å². The van der Waals surface area contributed by atoms with E-state index in [0.29, 0.717) is 0 Å². The molecule has 0 amide bonds. The van der Waals surface area contributed by atoms with Crippen molar-refractivity contribution in [3.8, 4) is 0 Å². The van der Waals surface area contributed by atoms with Crippen molar-refractivity contribution in [2.75, 3.05) is 6.61 Å². The predicted molar refractivity (Wildman–Crippen MR) is 54.3 cm³/mol. The van der Waals surface area contributed by atoms with Crippen molar-refractivity contribution in [1.82, 2.24) is 9.55 Å². The molecule has 0 unspecified atom stereocenters. The molecule has 0 aromatic carbocycles. The minimum atomic E-state index is -1.35. The van der Waals surface area contributed by atoms with Gasteiger partial charge in [0.2, 0.25) is 0 Å². The first kappa shape index (κ1) is 12.0. The summed E-state index contributed by atoms with van der Waals surface area (Å²) in [6.07, 6.45) is -3.58. The van der Waals surface area contributed by atoms with Gasteiger partial charge in [-0.3, -0.25) is 14.3 Å². The van der Waals surface area contributed by atoms with Gasteiger partial charge < -0.3 is 20.1 Å². The maximum Gasteiger partial charge on any atom is 0.330 e. The van der Waals surface area contributed by atoms with E-state index in [-0.39, 0.29) is 0 Å². The Balaban J connectivity index is 2.35. The van der Waals surface area contributed by atoms with E-state index in [9.17, 15) is 19.8 Å². The molecule has 4 atom stereocenters. The number of rotatable bonds is 2. The van der Waals surface area contributed by atoms with Gasteiger partial charge >= 0.3 is 5.69 Å². The summed E-state index contributed by atoms with van der Waals surface area (Å²) < 4.78 is 6.08. The molecule has 8 heteroatoms. The number of aromatic amines is 1. The Kier molecular flexibility index (Phi) is 3.11. The topological polar surface area (TPSA) is 125 Å². The summed E-state index contributed by atoms with van der Waals surface area (Å²) in [5.41, 5.74) is -1.33. The first-order valence-corrected chi connectivity index (χ1v) is 4.98. The van der Waals surface area contributed by atoms with Gasteiger partial charge in [0.05, 0.1) is 6.61 Å². The smallest absolute Gasteiger partial charge is 0.330 e. The molecule has 17 heavy (non-hydrogen) atoms. The zero-order valence-electron chi connectivity index (χ0n) is 8.68. The lowest BCUT2D eigenvalue weighted by atomic mass is 10.1. The molecule has 0 aliphatic carbocycles. The fourth-order valence-corrected chi connectivity index (χ4v) is 1.74. The Hall–Kier alpha value is -1.48. The van der Waals surface area contributed by atoms with Crippen LogP contribution in [0, 0.1) is 0 Å². The molecule has 0 bridgehead atoms. The highest BCUT2D eigenvalue weighted by molar-refractivity contribution is 4.92. The van der Waals surface area contributed by atoms with Gasteiger partial charge in [0.25, 0.3) is 5.56 Å². The van der Waals surface area contributed by atoms with Gasteiger partial charge in [-0.05, 0) is 0 Å². The van der Waals surface area contributed by atoms with E-state index < -0.39 is 42.4 Å². The van der Waals surface area contributed by atoms with Crippen molar-refractivity contribution in [1.29, 1.82) is 0 Å². The molecular formula is C9H12N2O6. The van der Waals surface area contributed by atoms with Crippen LogP contribution in [0.3, 0.4) is 0 Å². The number of aliphatic hydroxyl groups is 3. The van der Waals surface area contributed by atoms with E-state index in [2.05, 4.69) is 0 Å². The van der Waals surface area contributed by atoms with Gasteiger partial charge in [-0.25, -0.2) is 4.79 Å². The highest BCUT2D eigenvalue weighted by Crippen LogP contribution is 2.27. The maximum absolute atomic E-state index is 11.4. The number of nitrogens with zero attached hydrogens (tertiary/aromatic N) is 1. The summed E-state index contributed by atoms with van der Waals surface area (Å²) in [6.45, 7) is -0.479. The molecule has 8 nitrogen and oxygen atoms in total. The van der Waals surface area contributed by atoms with E-state index in [1.54, 1.807) is 0 Å². The van der Waals surface area contributed by atoms with Crippen molar-refractivity contribution >= 4 is 0 Å². The second kappa shape index (κ2) is 4.41. The number of hydrogen-bond donors (Lipinski definition) is 4. The molecule has 1 aromatic heterocycles. The molecule has 0 spiro atoms. The van der Waals surface area contributed by atoms with E-state index >= 15 is 0 Å². The summed E-state index contributed by atoms with van der Waals surface area (Å²) in [6, 6.07) is 1.09. The fourth-order valence-electron chi connectivity index (χ4n) is 1.74. The van der Waals surface area contributed by atoms with E-state index in [1.165, 1.54) is 0 Å². The molecule has 1 fully saturated rings. The fraction of sp³-hybridized carbons (Fsp3) is 0.556. The first-order valence-electron chi connectivity index (χ1n) is 4.98. The minimum absolute atomic E-state index is 0.479. The summed E-state index contributed by atoms with van der Waals surface area (Å²) in [7, 11) is 0. The van der Waals surface area contributed by atoms with Crippen LogP contribution in [-0.4, -0.2) is 49.8 Å². The van der Waals surface area contributed by atoms with Crippen LogP contribution in [0.5, 0.6) is 0 Å². The van der Waals surface area contributed by atoms with Crippen molar-refractivity contribution in [3.63, 3.8) is 0 Å². The standard InChI is InChI=1S/C9H12N2O6/c12-3-4-6(14)7(15)8(17-4)11-2-1-5(13)10-9(11)16/h1-2,4,6-8,12,14-15H,3H2,(H,10,13,16)/t4-,6-,7+,8+/m1/s1. The van der Waals surface area contributed by atoms with Crippen molar-refractivity contribution < 1.29 is 20.1 Å². The zero-order chi connectivity index (χ0) is 12.6. The molecule has 2 rings (SSSR count). The number of ether oxygens (including phenoxy) is 1. The van der Waals surface area contributed by atoms with Gasteiger partial charge in [0.15, 0.2) is 6.23 Å². The third-order valence-corrected chi connectivity index (χ3v) is 2.64. The van der Waals surface area contributed by atoms with E-state index in [0.717, 1.165) is 16.8 Å². The lowest BCUT2D eigenvalue weighted by Gasteiger charge is -2.16. The summed E-state index contributed by atoms with van der Waals surface area (Å²) >= 11 is 0. The lowest BCUT2D eigenvalue weighted by molar-refractivity contribution is -0.0550. The van der Waals surface area contributed by atoms with Crippen LogP contribution < -0.4 is 11.2 Å². The summed E-state index contributed by atoms with van der Waals surface area (Å²) in [5, 5.41) is 28.1. The van der Waals surface area contributed by atoms with Gasteiger partial charge in [0.1, 0.15) is 18.3 Å². The first-order chi connectivity index (χ1) is 8.04. The minimum Gasteiger partial charge on any atom is -0.394 e. The average molecular weight is 244 g/mol. The number of hydrogen-bond acceptors (Lipinski definition) is 6. The Morgan fingerprint density at radius 1 is 1.35 bits per heavy atom. The molecule has 0 saturated carbocycles. The highest BCUT2D eigenvalue weighted by atomic mass is 16.6. The Morgan fingerprint density at radius 2 is 2.06 bits per heavy atom. The summed E-state index contributed by atoms with van der Waals surface area (Å²) in [5.74, 6) is 0. The maximum atomic E-state index is 11.4. The van der Waals surface area contributed by atoms with Crippen LogP contribution in [0.2, 0.25) is 0 Å². The summed E-state index contributed by atoms with van der Waals surface area (Å²) in [4.78, 5) is 24.3. The number of H-pyrrole nitrogens is 1. The van der Waals surface area contributed by atoms with E-state index in [4.69, 9.17) is 9.84 Å². The van der Waals surface area contributed by atoms with E-state index in [1.807, 2.05) is 4.98 Å². The normalized spacial score (nSPS) is 32.9. The quantitative estimate of drug-likeness (QED) is 0.444. The van der Waals surface area contributed by atoms with Gasteiger partial charge in [0, 0.05) is 12.3 Å². The van der Waals surface area contributed by atoms with Crippen LogP contribution >= 0.6 is 0 Å². The van der Waals surface area contributed by atoms with Crippen LogP contribution in [-0.2, 0) is 4.74 Å². The van der Waals surface area contributed by atoms with Crippen molar-refractivity contribution in [2.24, 2.45) is 0 Å². The lowest BCUT2D eigenvalue weighted by Crippen LogP contribution is -2.37. The third kappa shape index (κ3) is 2.03. The number of nitrogens with one attached hydrogen (secondary N) is 1. The SMILES string of the molecule is O=c1ccn([C@H]2O[C@H](CO)[C@@H](O)[C@@H]2O)c(=O)[nH]1. The average Bonchev–Trinajstić information content (AvgIpc) is 2.57. The van der Waals surface area contributed by atoms with Gasteiger partial charge in [-0.15, -0.1) is 0 Å². The number of aromatic nitrogens is 2.